The Balaban J connectivity index is 1.79. The summed E-state index contributed by atoms with van der Waals surface area (Å²) in [5.74, 6) is -0.607. The Morgan fingerprint density at radius 1 is 1.32 bits per heavy atom. The zero-order valence-corrected chi connectivity index (χ0v) is 11.1. The summed E-state index contributed by atoms with van der Waals surface area (Å²) in [6, 6.07) is 8.47. The molecule has 8 heteroatoms. The van der Waals surface area contributed by atoms with Gasteiger partial charge in [0, 0.05) is 18.1 Å². The fourth-order valence-corrected chi connectivity index (χ4v) is 1.69. The number of hydrogen-bond donors (Lipinski definition) is 1. The van der Waals surface area contributed by atoms with Crippen LogP contribution >= 0.6 is 0 Å². The van der Waals surface area contributed by atoms with E-state index in [4.69, 9.17) is 9.78 Å². The molecule has 0 bridgehead atoms. The van der Waals surface area contributed by atoms with Crippen molar-refractivity contribution in [2.24, 2.45) is 0 Å². The van der Waals surface area contributed by atoms with Crippen molar-refractivity contribution in [3.05, 3.63) is 54.3 Å². The van der Waals surface area contributed by atoms with Gasteiger partial charge in [-0.2, -0.15) is 10.2 Å². The molecular weight excluding hydrogens is 284 g/mol. The van der Waals surface area contributed by atoms with Crippen molar-refractivity contribution in [1.82, 2.24) is 20.1 Å². The quantitative estimate of drug-likeness (QED) is 0.779. The molecule has 2 aromatic heterocycles. The number of nitrogens with one attached hydrogen (secondary N) is 1. The fraction of sp³-hybridized carbons (Fsp3) is 0. The number of carbonyl (C=O) groups is 1. The van der Waals surface area contributed by atoms with Crippen LogP contribution in [0.1, 0.15) is 16.2 Å². The molecule has 0 fully saturated rings. The van der Waals surface area contributed by atoms with Crippen molar-refractivity contribution in [1.29, 1.82) is 5.26 Å². The van der Waals surface area contributed by atoms with E-state index in [0.717, 1.165) is 0 Å². The van der Waals surface area contributed by atoms with Crippen molar-refractivity contribution in [2.75, 3.05) is 5.32 Å². The van der Waals surface area contributed by atoms with Gasteiger partial charge in [-0.1, -0.05) is 11.2 Å². The average molecular weight is 292 g/mol. The lowest BCUT2D eigenvalue weighted by Crippen LogP contribution is -2.12. The van der Waals surface area contributed by atoms with Crippen LogP contribution in [0.2, 0.25) is 0 Å². The molecule has 0 aliphatic rings. The minimum absolute atomic E-state index is 0.170. The van der Waals surface area contributed by atoms with E-state index < -0.39 is 5.91 Å². The Labute approximate surface area is 124 Å². The molecule has 3 rings (SSSR count). The maximum atomic E-state index is 12.0. The first-order valence-corrected chi connectivity index (χ1v) is 6.18. The first-order chi connectivity index (χ1) is 10.8. The molecule has 1 amide bonds. The van der Waals surface area contributed by atoms with Gasteiger partial charge in [-0.15, -0.1) is 0 Å². The smallest absolute Gasteiger partial charge is 0.316 e. The number of carbonyl (C=O) groups excluding carboxylic acids is 1. The van der Waals surface area contributed by atoms with Gasteiger partial charge in [-0.05, 0) is 18.2 Å². The second-order valence-corrected chi connectivity index (χ2v) is 4.16. The van der Waals surface area contributed by atoms with E-state index in [1.54, 1.807) is 18.2 Å². The molecule has 1 aromatic carbocycles. The second kappa shape index (κ2) is 5.80. The number of benzene rings is 1. The third kappa shape index (κ3) is 2.78. The molecule has 0 radical (unpaired) electrons. The molecule has 0 aliphatic heterocycles. The first-order valence-electron chi connectivity index (χ1n) is 6.18. The van der Waals surface area contributed by atoms with Gasteiger partial charge in [0.15, 0.2) is 0 Å². The highest BCUT2D eigenvalue weighted by Gasteiger charge is 2.17. The van der Waals surface area contributed by atoms with E-state index in [-0.39, 0.29) is 11.7 Å². The van der Waals surface area contributed by atoms with Crippen molar-refractivity contribution in [3.63, 3.8) is 0 Å². The Morgan fingerprint density at radius 2 is 2.23 bits per heavy atom. The summed E-state index contributed by atoms with van der Waals surface area (Å²) < 4.78 is 4.90. The summed E-state index contributed by atoms with van der Waals surface area (Å²) in [6.07, 6.45) is 4.46. The number of hydrogen-bond acceptors (Lipinski definition) is 7. The van der Waals surface area contributed by atoms with Crippen molar-refractivity contribution >= 4 is 11.6 Å². The van der Waals surface area contributed by atoms with Crippen LogP contribution in [0.25, 0.3) is 11.5 Å². The zero-order valence-electron chi connectivity index (χ0n) is 11.1. The molecule has 0 spiro atoms. The molecule has 3 aromatic rings. The highest BCUT2D eigenvalue weighted by molar-refractivity contribution is 6.01. The highest BCUT2D eigenvalue weighted by atomic mass is 16.5. The number of aromatic nitrogens is 4. The SMILES string of the molecule is N#Cc1cccc(NC(=O)c2nc(-c3cnccn3)no2)c1. The molecule has 1 N–H and O–H groups in total. The molecule has 0 unspecified atom stereocenters. The predicted molar refractivity (Wildman–Crippen MR) is 74.4 cm³/mol. The predicted octanol–water partition coefficient (Wildman–Crippen LogP) is 1.65. The maximum Gasteiger partial charge on any atom is 0.316 e. The normalized spacial score (nSPS) is 9.95. The topological polar surface area (TPSA) is 118 Å². The number of nitriles is 1. The lowest BCUT2D eigenvalue weighted by atomic mass is 10.2. The van der Waals surface area contributed by atoms with Crippen molar-refractivity contribution in [3.8, 4) is 17.6 Å². The van der Waals surface area contributed by atoms with E-state index >= 15 is 0 Å². The van der Waals surface area contributed by atoms with E-state index in [9.17, 15) is 4.79 Å². The summed E-state index contributed by atoms with van der Waals surface area (Å²) in [4.78, 5) is 23.9. The van der Waals surface area contributed by atoms with Crippen LogP contribution in [0.3, 0.4) is 0 Å². The molecule has 22 heavy (non-hydrogen) atoms. The maximum absolute atomic E-state index is 12.0. The number of rotatable bonds is 3. The van der Waals surface area contributed by atoms with E-state index in [1.807, 2.05) is 6.07 Å². The summed E-state index contributed by atoms with van der Waals surface area (Å²) in [7, 11) is 0. The van der Waals surface area contributed by atoms with Gasteiger partial charge in [0.1, 0.15) is 5.69 Å². The summed E-state index contributed by atoms with van der Waals surface area (Å²) in [6.45, 7) is 0. The molecule has 0 saturated carbocycles. The number of anilines is 1. The average Bonchev–Trinajstić information content (AvgIpc) is 3.06. The van der Waals surface area contributed by atoms with Gasteiger partial charge in [0.05, 0.1) is 17.8 Å². The fourth-order valence-electron chi connectivity index (χ4n) is 1.69. The Morgan fingerprint density at radius 3 is 3.00 bits per heavy atom. The Kier molecular flexibility index (Phi) is 3.53. The standard InChI is InChI=1S/C14H8N6O2/c15-7-9-2-1-3-10(6-9)18-13(21)14-19-12(20-22-14)11-8-16-4-5-17-11/h1-6,8H,(H,18,21). The van der Waals surface area contributed by atoms with Crippen molar-refractivity contribution < 1.29 is 9.32 Å². The van der Waals surface area contributed by atoms with Gasteiger partial charge >= 0.3 is 11.8 Å². The van der Waals surface area contributed by atoms with Crippen LogP contribution in [0.5, 0.6) is 0 Å². The molecule has 8 nitrogen and oxygen atoms in total. The third-order valence-corrected chi connectivity index (χ3v) is 2.66. The summed E-state index contributed by atoms with van der Waals surface area (Å²) in [5.41, 5.74) is 1.30. The van der Waals surface area contributed by atoms with Crippen LogP contribution in [0, 0.1) is 11.3 Å². The molecule has 0 saturated heterocycles. The van der Waals surface area contributed by atoms with E-state index in [1.165, 1.54) is 24.7 Å². The van der Waals surface area contributed by atoms with Crippen LogP contribution in [-0.4, -0.2) is 26.0 Å². The Bertz CT molecular complexity index is 853. The van der Waals surface area contributed by atoms with Crippen LogP contribution in [0.4, 0.5) is 5.69 Å². The zero-order chi connectivity index (χ0) is 15.4. The second-order valence-electron chi connectivity index (χ2n) is 4.16. The lowest BCUT2D eigenvalue weighted by Gasteiger charge is -2.01. The van der Waals surface area contributed by atoms with Gasteiger partial charge in [-0.3, -0.25) is 9.78 Å². The number of nitrogens with zero attached hydrogens (tertiary/aromatic N) is 5. The highest BCUT2D eigenvalue weighted by Crippen LogP contribution is 2.14. The lowest BCUT2D eigenvalue weighted by molar-refractivity contribution is 0.0981. The summed E-state index contributed by atoms with van der Waals surface area (Å²) in [5, 5.41) is 15.1. The van der Waals surface area contributed by atoms with E-state index in [2.05, 4.69) is 25.4 Å². The largest absolute Gasteiger partial charge is 0.328 e. The first kappa shape index (κ1) is 13.4. The molecular formula is C14H8N6O2. The molecule has 2 heterocycles. The van der Waals surface area contributed by atoms with Crippen molar-refractivity contribution in [2.45, 2.75) is 0 Å². The summed E-state index contributed by atoms with van der Waals surface area (Å²) >= 11 is 0. The monoisotopic (exact) mass is 292 g/mol. The number of amides is 1. The molecule has 106 valence electrons. The van der Waals surface area contributed by atoms with Crippen LogP contribution in [-0.2, 0) is 0 Å². The third-order valence-electron chi connectivity index (χ3n) is 2.66. The van der Waals surface area contributed by atoms with Crippen LogP contribution < -0.4 is 5.32 Å². The minimum Gasteiger partial charge on any atom is -0.328 e. The van der Waals surface area contributed by atoms with E-state index in [0.29, 0.717) is 16.9 Å². The Hall–Kier alpha value is -3.60. The van der Waals surface area contributed by atoms with Crippen LogP contribution in [0.15, 0.2) is 47.4 Å². The van der Waals surface area contributed by atoms with Gasteiger partial charge in [-0.25, -0.2) is 4.98 Å². The molecule has 0 aliphatic carbocycles. The van der Waals surface area contributed by atoms with Gasteiger partial charge < -0.3 is 9.84 Å². The molecule has 0 atom stereocenters. The van der Waals surface area contributed by atoms with Gasteiger partial charge in [0.25, 0.3) is 0 Å². The minimum atomic E-state index is -0.572. The van der Waals surface area contributed by atoms with Gasteiger partial charge in [0.2, 0.25) is 5.82 Å².